The van der Waals surface area contributed by atoms with Crippen molar-refractivity contribution < 1.29 is 14.3 Å². The second-order valence-electron chi connectivity index (χ2n) is 6.86. The number of piperidine rings is 1. The number of aryl methyl sites for hydroxylation is 1. The maximum absolute atomic E-state index is 12.5. The van der Waals surface area contributed by atoms with E-state index in [2.05, 4.69) is 27.1 Å². The van der Waals surface area contributed by atoms with Crippen LogP contribution in [-0.4, -0.2) is 48.0 Å². The Bertz CT molecular complexity index is 793. The zero-order valence-electron chi connectivity index (χ0n) is 15.5. The molecule has 1 aromatic carbocycles. The van der Waals surface area contributed by atoms with Crippen LogP contribution in [-0.2, 0) is 15.9 Å². The first-order valence-corrected chi connectivity index (χ1v) is 9.43. The SMILES string of the molecule is CCc1ccc(NC(=O)c2cc(N3CCC4(CC3)OCCO4)ncn2)cc1. The molecule has 2 aliphatic rings. The zero-order valence-corrected chi connectivity index (χ0v) is 15.5. The number of rotatable bonds is 4. The number of ether oxygens (including phenoxy) is 2. The Morgan fingerprint density at radius 2 is 1.85 bits per heavy atom. The van der Waals surface area contributed by atoms with Gasteiger partial charge in [0.05, 0.1) is 13.2 Å². The number of anilines is 2. The molecule has 1 N–H and O–H groups in total. The van der Waals surface area contributed by atoms with Crippen LogP contribution in [0.2, 0.25) is 0 Å². The quantitative estimate of drug-likeness (QED) is 0.894. The number of benzene rings is 1. The van der Waals surface area contributed by atoms with Gasteiger partial charge in [0.1, 0.15) is 17.8 Å². The highest BCUT2D eigenvalue weighted by Gasteiger charge is 2.40. The van der Waals surface area contributed by atoms with Gasteiger partial charge in [-0.3, -0.25) is 4.79 Å². The Morgan fingerprint density at radius 3 is 2.52 bits per heavy atom. The van der Waals surface area contributed by atoms with E-state index in [0.29, 0.717) is 18.9 Å². The number of hydrogen-bond acceptors (Lipinski definition) is 6. The van der Waals surface area contributed by atoms with Gasteiger partial charge in [-0.05, 0) is 24.1 Å². The standard InChI is InChI=1S/C20H24N4O3/c1-2-15-3-5-16(6-4-15)23-19(25)17-13-18(22-14-21-17)24-9-7-20(8-10-24)26-11-12-27-20/h3-6,13-14H,2,7-12H2,1H3,(H,23,25). The molecule has 7 heteroatoms. The zero-order chi connectivity index (χ0) is 18.7. The van der Waals surface area contributed by atoms with Crippen LogP contribution in [0.25, 0.3) is 0 Å². The molecular formula is C20H24N4O3. The summed E-state index contributed by atoms with van der Waals surface area (Å²) in [7, 11) is 0. The van der Waals surface area contributed by atoms with Gasteiger partial charge in [-0.15, -0.1) is 0 Å². The predicted molar refractivity (Wildman–Crippen MR) is 102 cm³/mol. The van der Waals surface area contributed by atoms with Crippen molar-refractivity contribution in [2.75, 3.05) is 36.5 Å². The Labute approximate surface area is 158 Å². The predicted octanol–water partition coefficient (Wildman–Crippen LogP) is 2.63. The Hall–Kier alpha value is -2.51. The van der Waals surface area contributed by atoms with Gasteiger partial charge in [0, 0.05) is 37.7 Å². The number of aromatic nitrogens is 2. The molecule has 3 heterocycles. The Kier molecular flexibility index (Phi) is 5.05. The van der Waals surface area contributed by atoms with E-state index in [1.807, 2.05) is 24.3 Å². The maximum atomic E-state index is 12.5. The van der Waals surface area contributed by atoms with E-state index in [1.165, 1.54) is 11.9 Å². The van der Waals surface area contributed by atoms with E-state index < -0.39 is 5.79 Å². The second-order valence-corrected chi connectivity index (χ2v) is 6.86. The number of carbonyl (C=O) groups excluding carboxylic acids is 1. The summed E-state index contributed by atoms with van der Waals surface area (Å²) in [6.45, 7) is 4.98. The molecule has 1 spiro atoms. The number of carbonyl (C=O) groups is 1. The van der Waals surface area contributed by atoms with Crippen LogP contribution in [0.15, 0.2) is 36.7 Å². The Balaban J connectivity index is 1.41. The van der Waals surface area contributed by atoms with E-state index in [9.17, 15) is 4.79 Å². The van der Waals surface area contributed by atoms with Crippen molar-refractivity contribution in [3.63, 3.8) is 0 Å². The van der Waals surface area contributed by atoms with Crippen LogP contribution in [0.4, 0.5) is 11.5 Å². The first kappa shape index (κ1) is 17.9. The fraction of sp³-hybridized carbons (Fsp3) is 0.450. The minimum absolute atomic E-state index is 0.237. The third-order valence-corrected chi connectivity index (χ3v) is 5.17. The van der Waals surface area contributed by atoms with E-state index in [0.717, 1.165) is 43.9 Å². The lowest BCUT2D eigenvalue weighted by atomic mass is 10.0. The molecule has 2 saturated heterocycles. The molecular weight excluding hydrogens is 344 g/mol. The molecule has 0 atom stereocenters. The lowest BCUT2D eigenvalue weighted by Crippen LogP contribution is -2.45. The largest absolute Gasteiger partial charge is 0.356 e. The summed E-state index contributed by atoms with van der Waals surface area (Å²) in [5.74, 6) is 0.0946. The lowest BCUT2D eigenvalue weighted by molar-refractivity contribution is -0.169. The van der Waals surface area contributed by atoms with Crippen molar-refractivity contribution in [3.8, 4) is 0 Å². The average molecular weight is 368 g/mol. The van der Waals surface area contributed by atoms with E-state index in [4.69, 9.17) is 9.47 Å². The third-order valence-electron chi connectivity index (χ3n) is 5.17. The summed E-state index contributed by atoms with van der Waals surface area (Å²) in [6, 6.07) is 9.58. The second kappa shape index (κ2) is 7.62. The summed E-state index contributed by atoms with van der Waals surface area (Å²) < 4.78 is 11.5. The summed E-state index contributed by atoms with van der Waals surface area (Å²) in [6.07, 6.45) is 4.00. The van der Waals surface area contributed by atoms with Crippen LogP contribution >= 0.6 is 0 Å². The first-order valence-electron chi connectivity index (χ1n) is 9.43. The van der Waals surface area contributed by atoms with Crippen molar-refractivity contribution in [1.29, 1.82) is 0 Å². The van der Waals surface area contributed by atoms with Gasteiger partial charge in [-0.25, -0.2) is 9.97 Å². The molecule has 0 saturated carbocycles. The lowest BCUT2D eigenvalue weighted by Gasteiger charge is -2.38. The van der Waals surface area contributed by atoms with Crippen LogP contribution < -0.4 is 10.2 Å². The van der Waals surface area contributed by atoms with Crippen molar-refractivity contribution in [2.45, 2.75) is 32.0 Å². The van der Waals surface area contributed by atoms with Crippen molar-refractivity contribution in [3.05, 3.63) is 47.9 Å². The van der Waals surface area contributed by atoms with Crippen LogP contribution in [0, 0.1) is 0 Å². The van der Waals surface area contributed by atoms with Crippen LogP contribution in [0.3, 0.4) is 0 Å². The van der Waals surface area contributed by atoms with Crippen molar-refractivity contribution >= 4 is 17.4 Å². The van der Waals surface area contributed by atoms with Gasteiger partial charge >= 0.3 is 0 Å². The number of nitrogens with one attached hydrogen (secondary N) is 1. The molecule has 142 valence electrons. The summed E-state index contributed by atoms with van der Waals surface area (Å²) >= 11 is 0. The summed E-state index contributed by atoms with van der Waals surface area (Å²) in [5.41, 5.74) is 2.34. The molecule has 0 bridgehead atoms. The van der Waals surface area contributed by atoms with Gasteiger partial charge in [0.15, 0.2) is 5.79 Å². The first-order chi connectivity index (χ1) is 13.2. The molecule has 0 unspecified atom stereocenters. The molecule has 27 heavy (non-hydrogen) atoms. The molecule has 2 aliphatic heterocycles. The molecule has 0 radical (unpaired) electrons. The van der Waals surface area contributed by atoms with Gasteiger partial charge in [0.2, 0.25) is 0 Å². The van der Waals surface area contributed by atoms with E-state index >= 15 is 0 Å². The number of amides is 1. The average Bonchev–Trinajstić information content (AvgIpc) is 3.17. The van der Waals surface area contributed by atoms with Gasteiger partial charge in [-0.2, -0.15) is 0 Å². The molecule has 1 amide bonds. The highest BCUT2D eigenvalue weighted by molar-refractivity contribution is 6.03. The summed E-state index contributed by atoms with van der Waals surface area (Å²) in [4.78, 5) is 23.2. The fourth-order valence-electron chi connectivity index (χ4n) is 3.53. The monoisotopic (exact) mass is 368 g/mol. The highest BCUT2D eigenvalue weighted by Crippen LogP contribution is 2.32. The van der Waals surface area contributed by atoms with Gasteiger partial charge in [0.25, 0.3) is 5.91 Å². The van der Waals surface area contributed by atoms with Crippen molar-refractivity contribution in [2.24, 2.45) is 0 Å². The van der Waals surface area contributed by atoms with Gasteiger partial charge < -0.3 is 19.7 Å². The molecule has 2 aromatic rings. The number of hydrogen-bond donors (Lipinski definition) is 1. The minimum Gasteiger partial charge on any atom is -0.356 e. The van der Waals surface area contributed by atoms with Gasteiger partial charge in [-0.1, -0.05) is 19.1 Å². The Morgan fingerprint density at radius 1 is 1.15 bits per heavy atom. The maximum Gasteiger partial charge on any atom is 0.274 e. The highest BCUT2D eigenvalue weighted by atomic mass is 16.7. The molecule has 1 aromatic heterocycles. The fourth-order valence-corrected chi connectivity index (χ4v) is 3.53. The van der Waals surface area contributed by atoms with E-state index in [1.54, 1.807) is 6.07 Å². The molecule has 7 nitrogen and oxygen atoms in total. The summed E-state index contributed by atoms with van der Waals surface area (Å²) in [5, 5.41) is 2.89. The normalized spacial score (nSPS) is 18.6. The minimum atomic E-state index is -0.422. The third kappa shape index (κ3) is 3.94. The van der Waals surface area contributed by atoms with E-state index in [-0.39, 0.29) is 5.91 Å². The van der Waals surface area contributed by atoms with Crippen molar-refractivity contribution in [1.82, 2.24) is 9.97 Å². The van der Waals surface area contributed by atoms with Crippen LogP contribution in [0.1, 0.15) is 35.8 Å². The topological polar surface area (TPSA) is 76.6 Å². The molecule has 2 fully saturated rings. The van der Waals surface area contributed by atoms with Crippen LogP contribution in [0.5, 0.6) is 0 Å². The smallest absolute Gasteiger partial charge is 0.274 e. The molecule has 4 rings (SSSR count). The number of nitrogens with zero attached hydrogens (tertiary/aromatic N) is 3. The molecule has 0 aliphatic carbocycles.